The number of benzene rings is 3. The van der Waals surface area contributed by atoms with E-state index >= 15 is 0 Å². The minimum absolute atomic E-state index is 0.00136. The molecule has 3 aromatic rings. The second-order valence-corrected chi connectivity index (χ2v) is 21.2. The Hall–Kier alpha value is -6.97. The number of carbonyl (C=O) groups is 7. The third-order valence-electron chi connectivity index (χ3n) is 15.2. The molecule has 78 heavy (non-hydrogen) atoms. The van der Waals surface area contributed by atoms with Crippen molar-refractivity contribution in [1.82, 2.24) is 36.4 Å². The van der Waals surface area contributed by atoms with Crippen molar-refractivity contribution in [1.29, 1.82) is 0 Å². The summed E-state index contributed by atoms with van der Waals surface area (Å²) in [7, 11) is 0. The number of hydrogen-bond acceptors (Lipinski definition) is 14. The number of unbranched alkanes of at least 4 members (excludes halogenated alkanes) is 5. The number of piperazine rings is 1. The number of nitrogen functional groups attached to an aromatic ring is 1. The molecule has 424 valence electrons. The van der Waals surface area contributed by atoms with Gasteiger partial charge in [0.05, 0.1) is 18.8 Å². The van der Waals surface area contributed by atoms with Gasteiger partial charge in [-0.05, 0) is 119 Å². The Morgan fingerprint density at radius 2 is 1.27 bits per heavy atom. The van der Waals surface area contributed by atoms with Crippen LogP contribution in [0.5, 0.6) is 5.75 Å². The van der Waals surface area contributed by atoms with E-state index in [1.807, 2.05) is 24.3 Å². The van der Waals surface area contributed by atoms with Crippen LogP contribution in [0.2, 0.25) is 0 Å². The van der Waals surface area contributed by atoms with Crippen LogP contribution >= 0.6 is 0 Å². The number of amides is 7. The Kier molecular flexibility index (Phi) is 21.1. The van der Waals surface area contributed by atoms with Crippen LogP contribution in [0, 0.1) is 0 Å². The number of hydrogen-bond donors (Lipinski definition) is 9. The number of carbonyl (C=O) groups excluding carboxylic acids is 7. The zero-order valence-corrected chi connectivity index (χ0v) is 45.4. The predicted molar refractivity (Wildman–Crippen MR) is 296 cm³/mol. The molecule has 4 saturated heterocycles. The van der Waals surface area contributed by atoms with E-state index < -0.39 is 95.9 Å². The fourth-order valence-corrected chi connectivity index (χ4v) is 10.7. The Labute approximate surface area is 457 Å². The average Bonchev–Trinajstić information content (AvgIpc) is 4.11. The van der Waals surface area contributed by atoms with Gasteiger partial charge in [-0.1, -0.05) is 51.2 Å². The molecule has 0 aliphatic carbocycles. The maximum absolute atomic E-state index is 14.4. The number of ether oxygens (including phenoxy) is 1. The van der Waals surface area contributed by atoms with Crippen molar-refractivity contribution < 1.29 is 48.5 Å². The summed E-state index contributed by atoms with van der Waals surface area (Å²) in [5.74, 6) is -4.09. The largest absolute Gasteiger partial charge is 0.494 e. The van der Waals surface area contributed by atoms with E-state index in [-0.39, 0.29) is 57.3 Å². The zero-order valence-electron chi connectivity index (χ0n) is 45.4. The average molecular weight is 1080 g/mol. The van der Waals surface area contributed by atoms with Crippen LogP contribution in [0.15, 0.2) is 72.8 Å². The van der Waals surface area contributed by atoms with Crippen LogP contribution < -0.4 is 52.6 Å². The number of aliphatic hydroxyl groups excluding tert-OH is 2. The molecule has 21 nitrogen and oxygen atoms in total. The van der Waals surface area contributed by atoms with Crippen molar-refractivity contribution in [2.24, 2.45) is 5.73 Å². The molecule has 4 aliphatic heterocycles. The lowest BCUT2D eigenvalue weighted by Crippen LogP contribution is -2.62. The molecule has 0 bridgehead atoms. The van der Waals surface area contributed by atoms with E-state index in [0.717, 1.165) is 49.7 Å². The number of anilines is 3. The summed E-state index contributed by atoms with van der Waals surface area (Å²) in [4.78, 5) is 106. The molecular weight excluding hydrogens is 999 g/mol. The summed E-state index contributed by atoms with van der Waals surface area (Å²) in [6, 6.07) is 13.4. The van der Waals surface area contributed by atoms with Crippen LogP contribution in [0.1, 0.15) is 107 Å². The van der Waals surface area contributed by atoms with Crippen LogP contribution in [0.3, 0.4) is 0 Å². The maximum atomic E-state index is 14.4. The van der Waals surface area contributed by atoms with Crippen molar-refractivity contribution in [3.05, 3.63) is 83.9 Å². The van der Waals surface area contributed by atoms with E-state index in [9.17, 15) is 43.8 Å². The number of nitrogens with one attached hydrogen (secondary N) is 5. The highest BCUT2D eigenvalue weighted by Gasteiger charge is 2.44. The topological polar surface area (TPSA) is 294 Å². The van der Waals surface area contributed by atoms with E-state index in [0.29, 0.717) is 24.3 Å². The minimum atomic E-state index is -1.55. The lowest BCUT2D eigenvalue weighted by Gasteiger charge is -2.37. The van der Waals surface area contributed by atoms with E-state index in [1.54, 1.807) is 36.4 Å². The van der Waals surface area contributed by atoms with Crippen LogP contribution in [0.25, 0.3) is 0 Å². The second-order valence-electron chi connectivity index (χ2n) is 21.2. The summed E-state index contributed by atoms with van der Waals surface area (Å²) in [5.41, 5.74) is 15.6. The first kappa shape index (κ1) is 58.7. The highest BCUT2D eigenvalue weighted by molar-refractivity contribution is 6.00. The molecule has 3 aromatic carbocycles. The summed E-state index contributed by atoms with van der Waals surface area (Å²) in [5, 5.41) is 35.6. The quantitative estimate of drug-likeness (QED) is 0.0730. The van der Waals surface area contributed by atoms with Gasteiger partial charge in [0.1, 0.15) is 42.0 Å². The van der Waals surface area contributed by atoms with E-state index in [2.05, 4.69) is 55.4 Å². The van der Waals surface area contributed by atoms with Gasteiger partial charge in [-0.25, -0.2) is 0 Å². The van der Waals surface area contributed by atoms with Gasteiger partial charge in [-0.2, -0.15) is 0 Å². The molecule has 0 spiro atoms. The Morgan fingerprint density at radius 3 is 1.90 bits per heavy atom. The van der Waals surface area contributed by atoms with Gasteiger partial charge in [-0.15, -0.1) is 0 Å². The van der Waals surface area contributed by atoms with Gasteiger partial charge in [-0.3, -0.25) is 33.6 Å². The molecule has 7 unspecified atom stereocenters. The lowest BCUT2D eigenvalue weighted by atomic mass is 10.0. The Bertz CT molecular complexity index is 2510. The first-order chi connectivity index (χ1) is 37.5. The van der Waals surface area contributed by atoms with Crippen molar-refractivity contribution >= 4 is 58.4 Å². The summed E-state index contributed by atoms with van der Waals surface area (Å²) in [6.45, 7) is 8.71. The van der Waals surface area contributed by atoms with Gasteiger partial charge < -0.3 is 72.6 Å². The fourth-order valence-electron chi connectivity index (χ4n) is 10.7. The standard InChI is InChI=1S/C57H81N11O10/c1-4-5-6-7-8-9-32-78-44-24-22-43(23-25-44)66-30-28-65(29-31-66)42-20-16-39(17-21-42)51(71)61-45-12-10-26-60-54(74)48-34-41(59)35-68(48)57(77)50(37(3)70)64-53(73)46(33-38-14-18-40(58)19-15-38)62-55(75)47-13-11-27-67(47)56(76)49(36(2)69)63-52(45)72/h14-25,36-37,41,45-50,69-70H,4-13,26-35,58-59H2,1-3H3,(H,60,74)(H,61,71)(H,62,75)(H,63,72)(H,64,73)/t36?,37?,41-,45-,46?,47?,48?,49?,50?/m0/s1. The van der Waals surface area contributed by atoms with Crippen molar-refractivity contribution in [3.63, 3.8) is 0 Å². The molecule has 9 atom stereocenters. The third-order valence-corrected chi connectivity index (χ3v) is 15.2. The molecule has 0 aromatic heterocycles. The van der Waals surface area contributed by atoms with Crippen LogP contribution in [-0.2, 0) is 35.2 Å². The van der Waals surface area contributed by atoms with Crippen molar-refractivity contribution in [2.45, 2.75) is 152 Å². The van der Waals surface area contributed by atoms with Crippen LogP contribution in [0.4, 0.5) is 17.1 Å². The zero-order chi connectivity index (χ0) is 55.9. The number of fused-ring (bicyclic) bond motifs is 2. The maximum Gasteiger partial charge on any atom is 0.251 e. The third kappa shape index (κ3) is 15.6. The normalized spacial score (nSPS) is 24.9. The molecule has 4 heterocycles. The number of rotatable bonds is 16. The summed E-state index contributed by atoms with van der Waals surface area (Å²) in [6.07, 6.45) is 5.09. The molecule has 4 fully saturated rings. The van der Waals surface area contributed by atoms with E-state index in [4.69, 9.17) is 16.2 Å². The first-order valence-electron chi connectivity index (χ1n) is 27.9. The lowest BCUT2D eigenvalue weighted by molar-refractivity contribution is -0.145. The number of nitrogens with two attached hydrogens (primary N) is 2. The van der Waals surface area contributed by atoms with Gasteiger partial charge in [0.15, 0.2) is 0 Å². The summed E-state index contributed by atoms with van der Waals surface area (Å²) >= 11 is 0. The van der Waals surface area contributed by atoms with Crippen molar-refractivity contribution in [2.75, 3.05) is 68.0 Å². The van der Waals surface area contributed by atoms with Crippen LogP contribution in [-0.4, -0.2) is 168 Å². The molecule has 7 amide bonds. The highest BCUT2D eigenvalue weighted by Crippen LogP contribution is 2.26. The monoisotopic (exact) mass is 1080 g/mol. The van der Waals surface area contributed by atoms with E-state index in [1.165, 1.54) is 55.8 Å². The SMILES string of the molecule is CCCCCCCCOc1ccc(N2CCN(c3ccc(C(=O)N[C@H]4CCCNC(=O)C5C[C@H](N)CN5C(=O)C(C(C)O)NC(=O)C(Cc5ccc(N)cc5)NC(=O)C5CCCN5C(=O)C(C(C)O)NC4=O)cc3)CC2)cc1. The Balaban J connectivity index is 1.04. The molecule has 21 heteroatoms. The molecule has 0 saturated carbocycles. The van der Waals surface area contributed by atoms with Gasteiger partial charge in [0.2, 0.25) is 35.4 Å². The smallest absolute Gasteiger partial charge is 0.251 e. The number of nitrogens with zero attached hydrogens (tertiary/aromatic N) is 4. The van der Waals surface area contributed by atoms with Gasteiger partial charge in [0.25, 0.3) is 5.91 Å². The predicted octanol–water partition coefficient (Wildman–Crippen LogP) is 1.72. The minimum Gasteiger partial charge on any atom is -0.494 e. The van der Waals surface area contributed by atoms with Crippen molar-refractivity contribution in [3.8, 4) is 5.75 Å². The Morgan fingerprint density at radius 1 is 0.679 bits per heavy atom. The number of aliphatic hydroxyl groups is 2. The summed E-state index contributed by atoms with van der Waals surface area (Å²) < 4.78 is 5.99. The highest BCUT2D eigenvalue weighted by atomic mass is 16.5. The molecule has 4 aliphatic rings. The fraction of sp³-hybridized carbons (Fsp3) is 0.561. The van der Waals surface area contributed by atoms with Gasteiger partial charge >= 0.3 is 0 Å². The molecular formula is C57H81N11O10. The van der Waals surface area contributed by atoms with Gasteiger partial charge in [0, 0.05) is 80.9 Å². The first-order valence-corrected chi connectivity index (χ1v) is 27.9. The molecule has 7 rings (SSSR count). The molecule has 0 radical (unpaired) electrons. The molecule has 11 N–H and O–H groups in total. The second kappa shape index (κ2) is 28.1.